The average molecular weight is 304 g/mol. The molecule has 0 atom stereocenters. The monoisotopic (exact) mass is 304 g/mol. The molecule has 0 radical (unpaired) electrons. The van der Waals surface area contributed by atoms with Gasteiger partial charge < -0.3 is 10.2 Å². The van der Waals surface area contributed by atoms with Gasteiger partial charge >= 0.3 is 0 Å². The third kappa shape index (κ3) is 3.67. The molecule has 1 amide bonds. The van der Waals surface area contributed by atoms with Crippen LogP contribution in [0, 0.1) is 5.92 Å². The van der Waals surface area contributed by atoms with Gasteiger partial charge in [-0.05, 0) is 25.7 Å². The lowest BCUT2D eigenvalue weighted by Gasteiger charge is -2.34. The molecule has 0 aromatic carbocycles. The maximum atomic E-state index is 12.3. The second kappa shape index (κ2) is 6.94. The number of hydrogen-bond donors (Lipinski definition) is 2. The molecule has 0 bridgehead atoms. The van der Waals surface area contributed by atoms with Crippen molar-refractivity contribution in [3.63, 3.8) is 0 Å². The highest BCUT2D eigenvalue weighted by Gasteiger charge is 2.26. The summed E-state index contributed by atoms with van der Waals surface area (Å²) in [5, 5.41) is 9.45. The Balaban J connectivity index is 1.49. The van der Waals surface area contributed by atoms with E-state index < -0.39 is 0 Å². The number of aromatic amines is 1. The lowest BCUT2D eigenvalue weighted by atomic mass is 9.88. The minimum Gasteiger partial charge on any atom is -0.370 e. The number of aromatic nitrogens is 2. The topological polar surface area (TPSA) is 78.1 Å². The van der Waals surface area contributed by atoms with Crippen LogP contribution in [0.2, 0.25) is 0 Å². The van der Waals surface area contributed by atoms with Crippen LogP contribution in [0.15, 0.2) is 17.1 Å². The summed E-state index contributed by atoms with van der Waals surface area (Å²) in [6.07, 6.45) is 9.26. The predicted molar refractivity (Wildman–Crippen MR) is 84.8 cm³/mol. The fraction of sp³-hybridized carbons (Fsp3) is 0.688. The number of hydrogen-bond acceptors (Lipinski definition) is 4. The van der Waals surface area contributed by atoms with E-state index in [2.05, 4.69) is 20.4 Å². The number of H-pyrrole nitrogens is 1. The van der Waals surface area contributed by atoms with Crippen LogP contribution in [0.1, 0.15) is 44.9 Å². The number of rotatable bonds is 3. The number of nitrogens with one attached hydrogen (secondary N) is 2. The van der Waals surface area contributed by atoms with Crippen LogP contribution >= 0.6 is 0 Å². The van der Waals surface area contributed by atoms with Gasteiger partial charge in [0.1, 0.15) is 0 Å². The van der Waals surface area contributed by atoms with Gasteiger partial charge in [0, 0.05) is 31.1 Å². The van der Waals surface area contributed by atoms with Gasteiger partial charge in [-0.3, -0.25) is 9.59 Å². The molecule has 1 aromatic rings. The third-order valence-electron chi connectivity index (χ3n) is 4.83. The van der Waals surface area contributed by atoms with Crippen LogP contribution in [0.3, 0.4) is 0 Å². The summed E-state index contributed by atoms with van der Waals surface area (Å²) in [6, 6.07) is 1.84. The van der Waals surface area contributed by atoms with Gasteiger partial charge in [0.05, 0.1) is 11.9 Å². The van der Waals surface area contributed by atoms with Crippen LogP contribution in [0.5, 0.6) is 0 Å². The molecule has 3 rings (SSSR count). The van der Waals surface area contributed by atoms with Crippen molar-refractivity contribution in [1.82, 2.24) is 15.5 Å². The van der Waals surface area contributed by atoms with E-state index in [1.807, 2.05) is 0 Å². The Labute approximate surface area is 130 Å². The number of carbonyl (C=O) groups excluding carboxylic acids is 1. The van der Waals surface area contributed by atoms with E-state index in [-0.39, 0.29) is 23.4 Å². The van der Waals surface area contributed by atoms with Crippen LogP contribution in [0.25, 0.3) is 0 Å². The molecule has 120 valence electrons. The van der Waals surface area contributed by atoms with E-state index in [4.69, 9.17) is 0 Å². The first-order valence-corrected chi connectivity index (χ1v) is 8.32. The Hall–Kier alpha value is -1.85. The van der Waals surface area contributed by atoms with E-state index in [0.717, 1.165) is 44.5 Å². The number of nitrogens with zero attached hydrogens (tertiary/aromatic N) is 2. The maximum Gasteiger partial charge on any atom is 0.266 e. The largest absolute Gasteiger partial charge is 0.370 e. The highest BCUT2D eigenvalue weighted by Crippen LogP contribution is 2.24. The quantitative estimate of drug-likeness (QED) is 0.885. The summed E-state index contributed by atoms with van der Waals surface area (Å²) in [5.74, 6) is 0.472. The molecular weight excluding hydrogens is 280 g/mol. The van der Waals surface area contributed by atoms with Crippen molar-refractivity contribution in [2.45, 2.75) is 51.0 Å². The summed E-state index contributed by atoms with van der Waals surface area (Å²) in [4.78, 5) is 25.8. The van der Waals surface area contributed by atoms with Gasteiger partial charge in [0.15, 0.2) is 0 Å². The minimum absolute atomic E-state index is 0.176. The Morgan fingerprint density at radius 1 is 1.18 bits per heavy atom. The second-order valence-electron chi connectivity index (χ2n) is 6.41. The number of anilines is 1. The van der Waals surface area contributed by atoms with Crippen molar-refractivity contribution >= 4 is 11.6 Å². The molecule has 2 heterocycles. The number of piperidine rings is 1. The minimum atomic E-state index is -0.176. The van der Waals surface area contributed by atoms with Crippen molar-refractivity contribution in [1.29, 1.82) is 0 Å². The van der Waals surface area contributed by atoms with E-state index >= 15 is 0 Å². The summed E-state index contributed by atoms with van der Waals surface area (Å²) in [7, 11) is 0. The highest BCUT2D eigenvalue weighted by molar-refractivity contribution is 5.79. The molecule has 1 saturated carbocycles. The SMILES string of the molecule is O=C(NC1CCN(c2cn[nH]c(=O)c2)CC1)C1CCCCC1. The zero-order valence-electron chi connectivity index (χ0n) is 12.9. The highest BCUT2D eigenvalue weighted by atomic mass is 16.2. The Morgan fingerprint density at radius 3 is 2.59 bits per heavy atom. The molecule has 1 aliphatic heterocycles. The molecule has 1 saturated heterocycles. The first-order valence-electron chi connectivity index (χ1n) is 8.32. The summed E-state index contributed by atoms with van der Waals surface area (Å²) < 4.78 is 0. The summed E-state index contributed by atoms with van der Waals surface area (Å²) in [5.41, 5.74) is 0.686. The van der Waals surface area contributed by atoms with Gasteiger partial charge in [0.25, 0.3) is 5.56 Å². The van der Waals surface area contributed by atoms with Crippen molar-refractivity contribution < 1.29 is 4.79 Å². The molecule has 1 aliphatic carbocycles. The van der Waals surface area contributed by atoms with E-state index in [1.165, 1.54) is 19.3 Å². The normalized spacial score (nSPS) is 20.8. The molecule has 22 heavy (non-hydrogen) atoms. The Bertz CT molecular complexity index is 557. The molecule has 1 aromatic heterocycles. The molecule has 2 aliphatic rings. The Morgan fingerprint density at radius 2 is 1.91 bits per heavy atom. The van der Waals surface area contributed by atoms with Gasteiger partial charge in [-0.1, -0.05) is 19.3 Å². The fourth-order valence-corrected chi connectivity index (χ4v) is 3.50. The first kappa shape index (κ1) is 15.1. The third-order valence-corrected chi connectivity index (χ3v) is 4.83. The fourth-order valence-electron chi connectivity index (χ4n) is 3.50. The molecule has 6 heteroatoms. The standard InChI is InChI=1S/C16H24N4O2/c21-15-10-14(11-17-19-15)20-8-6-13(7-9-20)18-16(22)12-4-2-1-3-5-12/h10-13H,1-9H2,(H,18,22)(H,19,21). The maximum absolute atomic E-state index is 12.3. The molecule has 6 nitrogen and oxygen atoms in total. The molecule has 2 fully saturated rings. The van der Waals surface area contributed by atoms with Crippen molar-refractivity contribution in [3.8, 4) is 0 Å². The molecule has 2 N–H and O–H groups in total. The zero-order valence-corrected chi connectivity index (χ0v) is 12.9. The smallest absolute Gasteiger partial charge is 0.266 e. The van der Waals surface area contributed by atoms with Crippen molar-refractivity contribution in [2.24, 2.45) is 5.92 Å². The lowest BCUT2D eigenvalue weighted by Crippen LogP contribution is -2.46. The molecular formula is C16H24N4O2. The van der Waals surface area contributed by atoms with Gasteiger partial charge in [-0.2, -0.15) is 5.10 Å². The van der Waals surface area contributed by atoms with E-state index in [0.29, 0.717) is 0 Å². The lowest BCUT2D eigenvalue weighted by molar-refractivity contribution is -0.126. The zero-order chi connectivity index (χ0) is 15.4. The van der Waals surface area contributed by atoms with E-state index in [9.17, 15) is 9.59 Å². The van der Waals surface area contributed by atoms with Crippen LogP contribution in [-0.4, -0.2) is 35.2 Å². The van der Waals surface area contributed by atoms with Crippen LogP contribution in [-0.2, 0) is 4.79 Å². The molecule has 0 unspecified atom stereocenters. The number of amides is 1. The van der Waals surface area contributed by atoms with E-state index in [1.54, 1.807) is 12.3 Å². The van der Waals surface area contributed by atoms with Crippen molar-refractivity contribution in [3.05, 3.63) is 22.6 Å². The van der Waals surface area contributed by atoms with Crippen LogP contribution in [0.4, 0.5) is 5.69 Å². The predicted octanol–water partition coefficient (Wildman–Crippen LogP) is 1.44. The summed E-state index contributed by atoms with van der Waals surface area (Å²) in [6.45, 7) is 1.70. The number of carbonyl (C=O) groups is 1. The average Bonchev–Trinajstić information content (AvgIpc) is 2.56. The Kier molecular flexibility index (Phi) is 4.75. The summed E-state index contributed by atoms with van der Waals surface area (Å²) >= 11 is 0. The van der Waals surface area contributed by atoms with Gasteiger partial charge in [-0.15, -0.1) is 0 Å². The first-order chi connectivity index (χ1) is 10.7. The van der Waals surface area contributed by atoms with Gasteiger partial charge in [0.2, 0.25) is 5.91 Å². The van der Waals surface area contributed by atoms with Crippen molar-refractivity contribution in [2.75, 3.05) is 18.0 Å². The van der Waals surface area contributed by atoms with Crippen LogP contribution < -0.4 is 15.8 Å². The van der Waals surface area contributed by atoms with Gasteiger partial charge in [-0.25, -0.2) is 5.10 Å². The molecule has 0 spiro atoms. The second-order valence-corrected chi connectivity index (χ2v) is 6.41.